The smallest absolute Gasteiger partial charge is 0.329 e. The SMILES string of the molecule is CC[C@@H](C)Oc1c(Cl)cc(/C=C2\NC(=O)N(CC(=O)Nc3ccccc3C)C2=O)cc1OC. The number of urea groups is 1. The summed E-state index contributed by atoms with van der Waals surface area (Å²) in [6.07, 6.45) is 2.20. The number of carbonyl (C=O) groups is 3. The van der Waals surface area contributed by atoms with E-state index < -0.39 is 24.4 Å². The van der Waals surface area contributed by atoms with E-state index in [1.807, 2.05) is 32.9 Å². The normalized spacial score (nSPS) is 15.4. The maximum Gasteiger partial charge on any atom is 0.329 e. The van der Waals surface area contributed by atoms with Crippen LogP contribution < -0.4 is 20.1 Å². The minimum atomic E-state index is -0.680. The molecule has 0 aromatic heterocycles. The third-order valence-corrected chi connectivity index (χ3v) is 5.42. The fourth-order valence-corrected chi connectivity index (χ4v) is 3.41. The minimum Gasteiger partial charge on any atom is -0.493 e. The van der Waals surface area contributed by atoms with Gasteiger partial charge < -0.3 is 20.1 Å². The first-order chi connectivity index (χ1) is 15.7. The molecule has 4 amide bonds. The molecule has 2 aromatic rings. The number of aryl methyl sites for hydroxylation is 1. The van der Waals surface area contributed by atoms with Crippen LogP contribution >= 0.6 is 11.6 Å². The zero-order chi connectivity index (χ0) is 24.1. The molecule has 2 N–H and O–H groups in total. The van der Waals surface area contributed by atoms with Gasteiger partial charge in [-0.05, 0) is 55.7 Å². The van der Waals surface area contributed by atoms with E-state index in [4.69, 9.17) is 21.1 Å². The molecule has 1 saturated heterocycles. The van der Waals surface area contributed by atoms with E-state index >= 15 is 0 Å². The van der Waals surface area contributed by atoms with Crippen LogP contribution in [-0.2, 0) is 9.59 Å². The molecule has 0 spiro atoms. The lowest BCUT2D eigenvalue weighted by Gasteiger charge is -2.17. The Morgan fingerprint density at radius 2 is 2.00 bits per heavy atom. The van der Waals surface area contributed by atoms with Gasteiger partial charge in [-0.25, -0.2) is 9.69 Å². The summed E-state index contributed by atoms with van der Waals surface area (Å²) in [6, 6.07) is 9.82. The van der Waals surface area contributed by atoms with Gasteiger partial charge in [0.25, 0.3) is 5.91 Å². The first kappa shape index (κ1) is 24.1. The van der Waals surface area contributed by atoms with E-state index in [2.05, 4.69) is 10.6 Å². The van der Waals surface area contributed by atoms with Crippen molar-refractivity contribution in [3.8, 4) is 11.5 Å². The summed E-state index contributed by atoms with van der Waals surface area (Å²) in [5.74, 6) is -0.284. The van der Waals surface area contributed by atoms with Crippen LogP contribution in [-0.4, -0.2) is 42.5 Å². The van der Waals surface area contributed by atoms with Crippen molar-refractivity contribution in [1.29, 1.82) is 0 Å². The van der Waals surface area contributed by atoms with E-state index in [0.717, 1.165) is 16.9 Å². The van der Waals surface area contributed by atoms with Crippen molar-refractivity contribution in [2.24, 2.45) is 0 Å². The van der Waals surface area contributed by atoms with E-state index in [-0.39, 0.29) is 11.8 Å². The largest absolute Gasteiger partial charge is 0.493 e. The average molecular weight is 472 g/mol. The van der Waals surface area contributed by atoms with Gasteiger partial charge in [0.1, 0.15) is 12.2 Å². The number of benzene rings is 2. The Bertz CT molecular complexity index is 1120. The molecule has 174 valence electrons. The second-order valence-corrected chi connectivity index (χ2v) is 8.02. The Morgan fingerprint density at radius 3 is 2.67 bits per heavy atom. The van der Waals surface area contributed by atoms with Gasteiger partial charge in [-0.1, -0.05) is 36.7 Å². The number of hydrogen-bond acceptors (Lipinski definition) is 5. The number of para-hydroxylation sites is 1. The van der Waals surface area contributed by atoms with Crippen LogP contribution in [0.4, 0.5) is 10.5 Å². The molecule has 33 heavy (non-hydrogen) atoms. The Labute approximate surface area is 197 Å². The van der Waals surface area contributed by atoms with Gasteiger partial charge in [0.15, 0.2) is 11.5 Å². The quantitative estimate of drug-likeness (QED) is 0.440. The molecule has 0 bridgehead atoms. The van der Waals surface area contributed by atoms with Crippen molar-refractivity contribution in [2.45, 2.75) is 33.3 Å². The molecule has 1 aliphatic rings. The summed E-state index contributed by atoms with van der Waals surface area (Å²) in [4.78, 5) is 38.4. The maximum absolute atomic E-state index is 12.8. The van der Waals surface area contributed by atoms with Crippen LogP contribution in [0.2, 0.25) is 5.02 Å². The van der Waals surface area contributed by atoms with Gasteiger partial charge >= 0.3 is 6.03 Å². The zero-order valence-corrected chi connectivity index (χ0v) is 19.7. The van der Waals surface area contributed by atoms with Crippen molar-refractivity contribution >= 4 is 41.2 Å². The zero-order valence-electron chi connectivity index (χ0n) is 18.9. The average Bonchev–Trinajstić information content (AvgIpc) is 3.04. The van der Waals surface area contributed by atoms with E-state index in [1.165, 1.54) is 13.2 Å². The van der Waals surface area contributed by atoms with Gasteiger partial charge in [-0.2, -0.15) is 0 Å². The molecular weight excluding hydrogens is 446 g/mol. The Balaban J connectivity index is 1.77. The van der Waals surface area contributed by atoms with Gasteiger partial charge in [0, 0.05) is 5.69 Å². The van der Waals surface area contributed by atoms with Crippen LogP contribution in [0.25, 0.3) is 6.08 Å². The molecular formula is C24H26ClN3O5. The van der Waals surface area contributed by atoms with E-state index in [0.29, 0.717) is 27.8 Å². The Kier molecular flexibility index (Phi) is 7.60. The number of amides is 4. The summed E-state index contributed by atoms with van der Waals surface area (Å²) in [7, 11) is 1.49. The molecule has 1 atom stereocenters. The molecule has 1 fully saturated rings. The monoisotopic (exact) mass is 471 g/mol. The highest BCUT2D eigenvalue weighted by Gasteiger charge is 2.35. The van der Waals surface area contributed by atoms with Gasteiger partial charge in [-0.15, -0.1) is 0 Å². The lowest BCUT2D eigenvalue weighted by atomic mass is 10.1. The third-order valence-electron chi connectivity index (χ3n) is 5.14. The highest BCUT2D eigenvalue weighted by atomic mass is 35.5. The first-order valence-corrected chi connectivity index (χ1v) is 10.9. The molecule has 0 aliphatic carbocycles. The number of carbonyl (C=O) groups excluding carboxylic acids is 3. The number of methoxy groups -OCH3 is 1. The van der Waals surface area contributed by atoms with Crippen LogP contribution in [0.5, 0.6) is 11.5 Å². The predicted molar refractivity (Wildman–Crippen MR) is 126 cm³/mol. The third kappa shape index (κ3) is 5.64. The predicted octanol–water partition coefficient (Wildman–Crippen LogP) is 4.37. The highest BCUT2D eigenvalue weighted by molar-refractivity contribution is 6.32. The molecule has 0 radical (unpaired) electrons. The molecule has 2 aromatic carbocycles. The molecule has 0 saturated carbocycles. The van der Waals surface area contributed by atoms with Crippen LogP contribution in [0.3, 0.4) is 0 Å². The first-order valence-electron chi connectivity index (χ1n) is 10.5. The van der Waals surface area contributed by atoms with Crippen molar-refractivity contribution in [3.63, 3.8) is 0 Å². The van der Waals surface area contributed by atoms with Crippen molar-refractivity contribution in [3.05, 3.63) is 58.2 Å². The second-order valence-electron chi connectivity index (χ2n) is 7.61. The lowest BCUT2D eigenvalue weighted by molar-refractivity contribution is -0.127. The van der Waals surface area contributed by atoms with Crippen LogP contribution in [0.1, 0.15) is 31.4 Å². The van der Waals surface area contributed by atoms with Crippen molar-refractivity contribution in [1.82, 2.24) is 10.2 Å². The Hall–Kier alpha value is -3.52. The fraction of sp³-hybridized carbons (Fsp3) is 0.292. The number of nitrogens with one attached hydrogen (secondary N) is 2. The molecule has 1 aliphatic heterocycles. The molecule has 0 unspecified atom stereocenters. The van der Waals surface area contributed by atoms with Gasteiger partial charge in [-0.3, -0.25) is 9.59 Å². The topological polar surface area (TPSA) is 97.0 Å². The van der Waals surface area contributed by atoms with Gasteiger partial charge in [0.2, 0.25) is 5.91 Å². The summed E-state index contributed by atoms with van der Waals surface area (Å²) in [6.45, 7) is 5.35. The number of rotatable bonds is 8. The Morgan fingerprint density at radius 1 is 1.27 bits per heavy atom. The summed E-state index contributed by atoms with van der Waals surface area (Å²) >= 11 is 6.38. The molecule has 8 nitrogen and oxygen atoms in total. The number of nitrogens with zero attached hydrogens (tertiary/aromatic N) is 1. The van der Waals surface area contributed by atoms with Crippen LogP contribution in [0, 0.1) is 6.92 Å². The molecule has 3 rings (SSSR count). The van der Waals surface area contributed by atoms with E-state index in [1.54, 1.807) is 24.3 Å². The fourth-order valence-electron chi connectivity index (χ4n) is 3.15. The number of hydrogen-bond donors (Lipinski definition) is 2. The van der Waals surface area contributed by atoms with E-state index in [9.17, 15) is 14.4 Å². The second kappa shape index (κ2) is 10.4. The maximum atomic E-state index is 12.8. The summed E-state index contributed by atoms with van der Waals surface area (Å²) in [5.41, 5.74) is 2.04. The standard InChI is InChI=1S/C24H26ClN3O5/c1-5-15(3)33-22-17(25)10-16(12-20(22)32-4)11-19-23(30)28(24(31)27-19)13-21(29)26-18-9-7-6-8-14(18)2/h6-12,15H,5,13H2,1-4H3,(H,26,29)(H,27,31)/b19-11-/t15-/m1/s1. The molecule has 1 heterocycles. The number of ether oxygens (including phenoxy) is 2. The number of imide groups is 1. The number of anilines is 1. The molecule has 9 heteroatoms. The summed E-state index contributed by atoms with van der Waals surface area (Å²) < 4.78 is 11.2. The van der Waals surface area contributed by atoms with Crippen molar-refractivity contribution < 1.29 is 23.9 Å². The van der Waals surface area contributed by atoms with Gasteiger partial charge in [0.05, 0.1) is 18.2 Å². The minimum absolute atomic E-state index is 0.0254. The highest BCUT2D eigenvalue weighted by Crippen LogP contribution is 2.38. The number of halogens is 1. The summed E-state index contributed by atoms with van der Waals surface area (Å²) in [5, 5.41) is 5.52. The lowest BCUT2D eigenvalue weighted by Crippen LogP contribution is -2.38. The van der Waals surface area contributed by atoms with Crippen molar-refractivity contribution in [2.75, 3.05) is 19.0 Å². The van der Waals surface area contributed by atoms with Crippen LogP contribution in [0.15, 0.2) is 42.1 Å².